The van der Waals surface area contributed by atoms with Gasteiger partial charge in [-0.1, -0.05) is 23.7 Å². The number of hydrogen-bond donors (Lipinski definition) is 0. The van der Waals surface area contributed by atoms with Crippen molar-refractivity contribution < 1.29 is 4.79 Å². The molecule has 1 spiro atoms. The van der Waals surface area contributed by atoms with Crippen LogP contribution in [0.1, 0.15) is 30.9 Å². The van der Waals surface area contributed by atoms with Gasteiger partial charge in [-0.2, -0.15) is 5.10 Å². The molecule has 0 N–H and O–H groups in total. The van der Waals surface area contributed by atoms with Crippen molar-refractivity contribution in [1.82, 2.24) is 19.6 Å². The van der Waals surface area contributed by atoms with Crippen molar-refractivity contribution in [3.63, 3.8) is 0 Å². The van der Waals surface area contributed by atoms with Crippen LogP contribution in [0.2, 0.25) is 5.02 Å². The molecule has 5 rings (SSSR count). The Balaban J connectivity index is 1.50. The monoisotopic (exact) mass is 356 g/mol. The zero-order valence-electron chi connectivity index (χ0n) is 14.2. The van der Waals surface area contributed by atoms with Gasteiger partial charge in [0.25, 0.3) is 0 Å². The van der Waals surface area contributed by atoms with Gasteiger partial charge in [0.2, 0.25) is 5.91 Å². The number of carbonyl (C=O) groups excluding carboxylic acids is 1. The predicted octanol–water partition coefficient (Wildman–Crippen LogP) is 2.89. The van der Waals surface area contributed by atoms with E-state index in [0.29, 0.717) is 16.8 Å². The zero-order valence-corrected chi connectivity index (χ0v) is 15.0. The number of nitrogens with zero attached hydrogens (tertiary/aromatic N) is 4. The first-order chi connectivity index (χ1) is 12.1. The van der Waals surface area contributed by atoms with Crippen molar-refractivity contribution in [3.05, 3.63) is 47.2 Å². The summed E-state index contributed by atoms with van der Waals surface area (Å²) in [6, 6.07) is 8.01. The molecule has 0 aliphatic carbocycles. The van der Waals surface area contributed by atoms with Gasteiger partial charge in [0.05, 0.1) is 16.9 Å². The Labute approximate surface area is 152 Å². The molecule has 3 saturated heterocycles. The van der Waals surface area contributed by atoms with Crippen molar-refractivity contribution in [2.75, 3.05) is 20.1 Å². The average molecular weight is 357 g/mol. The van der Waals surface area contributed by atoms with Crippen molar-refractivity contribution in [1.29, 1.82) is 0 Å². The Morgan fingerprint density at radius 3 is 3.00 bits per heavy atom. The van der Waals surface area contributed by atoms with Crippen molar-refractivity contribution >= 4 is 17.5 Å². The summed E-state index contributed by atoms with van der Waals surface area (Å²) in [6.45, 7) is 1.88. The van der Waals surface area contributed by atoms with Crippen molar-refractivity contribution in [2.45, 2.75) is 30.8 Å². The summed E-state index contributed by atoms with van der Waals surface area (Å²) < 4.78 is 1.85. The number of para-hydroxylation sites is 1. The fraction of sp³-hybridized carbons (Fsp3) is 0.474. The second-order valence-corrected chi connectivity index (χ2v) is 7.93. The highest BCUT2D eigenvalue weighted by Crippen LogP contribution is 2.55. The van der Waals surface area contributed by atoms with Crippen molar-refractivity contribution in [2.24, 2.45) is 5.92 Å². The number of carbonyl (C=O) groups is 1. The maximum absolute atomic E-state index is 12.9. The third-order valence-corrected chi connectivity index (χ3v) is 6.65. The fourth-order valence-electron chi connectivity index (χ4n) is 5.29. The first-order valence-electron chi connectivity index (χ1n) is 8.93. The lowest BCUT2D eigenvalue weighted by Gasteiger charge is -2.32. The summed E-state index contributed by atoms with van der Waals surface area (Å²) >= 11 is 6.31. The van der Waals surface area contributed by atoms with Crippen LogP contribution < -0.4 is 0 Å². The van der Waals surface area contributed by atoms with Crippen LogP contribution in [0, 0.1) is 5.92 Å². The molecule has 0 saturated carbocycles. The van der Waals surface area contributed by atoms with Gasteiger partial charge in [0.1, 0.15) is 5.54 Å². The van der Waals surface area contributed by atoms with Crippen LogP contribution in [0.25, 0.3) is 5.69 Å². The molecular weight excluding hydrogens is 336 g/mol. The Kier molecular flexibility index (Phi) is 3.28. The minimum absolute atomic E-state index is 0.258. The number of benzene rings is 1. The minimum Gasteiger partial charge on any atom is -0.344 e. The number of likely N-dealkylation sites (tertiary alicyclic amines) is 1. The maximum Gasteiger partial charge on any atom is 0.243 e. The molecule has 4 heterocycles. The number of amides is 1. The quantitative estimate of drug-likeness (QED) is 0.830. The Morgan fingerprint density at radius 1 is 1.32 bits per heavy atom. The summed E-state index contributed by atoms with van der Waals surface area (Å²) in [5, 5.41) is 5.23. The van der Waals surface area contributed by atoms with Gasteiger partial charge in [-0.3, -0.25) is 9.69 Å². The topological polar surface area (TPSA) is 41.4 Å². The third kappa shape index (κ3) is 1.99. The SMILES string of the molecule is CN1C[C@@H]2C[C@@H](c3cnn(-c4ccccc4Cl)c3)N3CCC[C@@]23C1=O. The maximum atomic E-state index is 12.9. The second kappa shape index (κ2) is 5.32. The van der Waals surface area contributed by atoms with Crippen LogP contribution in [0.15, 0.2) is 36.7 Å². The molecule has 3 aliphatic rings. The molecule has 0 bridgehead atoms. The van der Waals surface area contributed by atoms with Crippen LogP contribution in [0.5, 0.6) is 0 Å². The molecule has 3 aliphatic heterocycles. The van der Waals surface area contributed by atoms with Gasteiger partial charge in [-0.05, 0) is 37.9 Å². The molecule has 0 radical (unpaired) electrons. The van der Waals surface area contributed by atoms with Gasteiger partial charge in [0, 0.05) is 37.3 Å². The van der Waals surface area contributed by atoms with E-state index in [0.717, 1.165) is 38.0 Å². The van der Waals surface area contributed by atoms with E-state index in [9.17, 15) is 4.79 Å². The molecule has 1 aromatic carbocycles. The van der Waals surface area contributed by atoms with Crippen LogP contribution >= 0.6 is 11.6 Å². The molecular formula is C19H21ClN4O. The summed E-state index contributed by atoms with van der Waals surface area (Å²) in [7, 11) is 1.94. The van der Waals surface area contributed by atoms with E-state index in [1.807, 2.05) is 47.1 Å². The lowest BCUT2D eigenvalue weighted by atomic mass is 9.85. The van der Waals surface area contributed by atoms with Gasteiger partial charge < -0.3 is 4.90 Å². The van der Waals surface area contributed by atoms with Crippen LogP contribution in [0.3, 0.4) is 0 Å². The largest absolute Gasteiger partial charge is 0.344 e. The number of hydrogen-bond acceptors (Lipinski definition) is 3. The van der Waals surface area contributed by atoms with E-state index in [2.05, 4.69) is 16.2 Å². The van der Waals surface area contributed by atoms with E-state index >= 15 is 0 Å². The lowest BCUT2D eigenvalue weighted by molar-refractivity contribution is -0.135. The molecule has 5 nitrogen and oxygen atoms in total. The zero-order chi connectivity index (χ0) is 17.2. The molecule has 3 fully saturated rings. The molecule has 6 heteroatoms. The molecule has 130 valence electrons. The summed E-state index contributed by atoms with van der Waals surface area (Å²) in [5.74, 6) is 0.747. The van der Waals surface area contributed by atoms with Crippen LogP contribution in [0.4, 0.5) is 0 Å². The normalized spacial score (nSPS) is 31.6. The lowest BCUT2D eigenvalue weighted by Crippen LogP contribution is -2.49. The standard InChI is InChI=1S/C19H21ClN4O/c1-22-12-14-9-17(23-8-4-7-19(14,23)18(22)25)13-10-21-24(11-13)16-6-3-2-5-15(16)20/h2-3,5-6,10-11,14,17H,4,7-9,12H2,1H3/t14-,17-,19-/m0/s1. The fourth-order valence-corrected chi connectivity index (χ4v) is 5.52. The van der Waals surface area contributed by atoms with E-state index < -0.39 is 0 Å². The molecule has 1 amide bonds. The van der Waals surface area contributed by atoms with Gasteiger partial charge >= 0.3 is 0 Å². The minimum atomic E-state index is -0.258. The van der Waals surface area contributed by atoms with E-state index in [-0.39, 0.29) is 11.6 Å². The molecule has 25 heavy (non-hydrogen) atoms. The molecule has 3 atom stereocenters. The van der Waals surface area contributed by atoms with E-state index in [4.69, 9.17) is 11.6 Å². The number of halogens is 1. The molecule has 1 aromatic heterocycles. The molecule has 2 aromatic rings. The number of aromatic nitrogens is 2. The summed E-state index contributed by atoms with van der Waals surface area (Å²) in [5.41, 5.74) is 1.82. The second-order valence-electron chi connectivity index (χ2n) is 7.52. The van der Waals surface area contributed by atoms with E-state index in [1.54, 1.807) is 0 Å². The highest BCUT2D eigenvalue weighted by Gasteiger charge is 2.64. The van der Waals surface area contributed by atoms with Crippen LogP contribution in [-0.4, -0.2) is 51.2 Å². The first-order valence-corrected chi connectivity index (χ1v) is 9.31. The highest BCUT2D eigenvalue weighted by molar-refractivity contribution is 6.32. The average Bonchev–Trinajstić information content (AvgIpc) is 3.33. The Hall–Kier alpha value is -1.85. The number of rotatable bonds is 2. The first kappa shape index (κ1) is 15.4. The van der Waals surface area contributed by atoms with Crippen LogP contribution in [-0.2, 0) is 4.79 Å². The summed E-state index contributed by atoms with van der Waals surface area (Å²) in [4.78, 5) is 17.3. The Bertz CT molecular complexity index is 849. The number of likely N-dealkylation sites (N-methyl/N-ethyl adjacent to an activating group) is 1. The van der Waals surface area contributed by atoms with Gasteiger partial charge in [0.15, 0.2) is 0 Å². The van der Waals surface area contributed by atoms with Crippen molar-refractivity contribution in [3.8, 4) is 5.69 Å². The summed E-state index contributed by atoms with van der Waals surface area (Å²) in [6.07, 6.45) is 7.15. The predicted molar refractivity (Wildman–Crippen MR) is 95.7 cm³/mol. The smallest absolute Gasteiger partial charge is 0.243 e. The van der Waals surface area contributed by atoms with E-state index in [1.165, 1.54) is 5.56 Å². The Morgan fingerprint density at radius 2 is 2.16 bits per heavy atom. The van der Waals surface area contributed by atoms with Gasteiger partial charge in [-0.15, -0.1) is 0 Å². The molecule has 0 unspecified atom stereocenters. The van der Waals surface area contributed by atoms with Gasteiger partial charge in [-0.25, -0.2) is 4.68 Å². The highest BCUT2D eigenvalue weighted by atomic mass is 35.5. The third-order valence-electron chi connectivity index (χ3n) is 6.33.